The third-order valence-corrected chi connectivity index (χ3v) is 3.78. The first kappa shape index (κ1) is 14.9. The number of aryl methyl sites for hydroxylation is 1. The van der Waals surface area contributed by atoms with Crippen LogP contribution >= 0.6 is 0 Å². The number of benzene rings is 1. The number of nitrogens with one attached hydrogen (secondary N) is 1. The second-order valence-corrected chi connectivity index (χ2v) is 5.93. The van der Waals surface area contributed by atoms with E-state index in [1.54, 1.807) is 6.07 Å². The molecule has 0 heterocycles. The summed E-state index contributed by atoms with van der Waals surface area (Å²) >= 11 is 0. The van der Waals surface area contributed by atoms with Gasteiger partial charge in [-0.15, -0.1) is 0 Å². The van der Waals surface area contributed by atoms with Crippen LogP contribution in [0.2, 0.25) is 0 Å². The van der Waals surface area contributed by atoms with Gasteiger partial charge >= 0.3 is 0 Å². The average molecular weight is 276 g/mol. The zero-order valence-corrected chi connectivity index (χ0v) is 12.5. The Kier molecular flexibility index (Phi) is 4.65. The molecule has 1 aliphatic carbocycles. The van der Waals surface area contributed by atoms with Crippen molar-refractivity contribution in [2.75, 3.05) is 13.6 Å². The van der Waals surface area contributed by atoms with Crippen LogP contribution in [0.1, 0.15) is 43.9 Å². The Bertz CT molecular complexity index is 485. The van der Waals surface area contributed by atoms with Gasteiger partial charge in [-0.3, -0.25) is 9.69 Å². The predicted molar refractivity (Wildman–Crippen MR) is 79.7 cm³/mol. The van der Waals surface area contributed by atoms with Gasteiger partial charge in [0, 0.05) is 12.1 Å². The van der Waals surface area contributed by atoms with Crippen LogP contribution < -0.4 is 5.32 Å². The number of amides is 1. The second kappa shape index (κ2) is 6.27. The van der Waals surface area contributed by atoms with Crippen molar-refractivity contribution in [3.63, 3.8) is 0 Å². The van der Waals surface area contributed by atoms with Gasteiger partial charge in [0.15, 0.2) is 0 Å². The molecular formula is C16H24N2O2. The van der Waals surface area contributed by atoms with Gasteiger partial charge in [-0.1, -0.05) is 6.07 Å². The van der Waals surface area contributed by atoms with Gasteiger partial charge in [-0.25, -0.2) is 0 Å². The number of carbonyl (C=O) groups is 1. The molecule has 0 saturated heterocycles. The maximum atomic E-state index is 11.9. The molecule has 1 aromatic carbocycles. The Morgan fingerprint density at radius 1 is 1.50 bits per heavy atom. The standard InChI is InChI=1S/C16H24N2O2/c1-11(2)17-16(20)10-18(3)15-6-4-5-12-9-13(19)7-8-14(12)15/h7-9,11,15,19H,4-6,10H2,1-3H3,(H,17,20). The van der Waals surface area contributed by atoms with E-state index < -0.39 is 0 Å². The van der Waals surface area contributed by atoms with Crippen LogP contribution in [0.15, 0.2) is 18.2 Å². The Morgan fingerprint density at radius 2 is 2.25 bits per heavy atom. The second-order valence-electron chi connectivity index (χ2n) is 5.93. The maximum absolute atomic E-state index is 11.9. The highest BCUT2D eigenvalue weighted by atomic mass is 16.3. The van der Waals surface area contributed by atoms with Gasteiger partial charge in [-0.2, -0.15) is 0 Å². The van der Waals surface area contributed by atoms with E-state index in [2.05, 4.69) is 10.2 Å². The lowest BCUT2D eigenvalue weighted by Crippen LogP contribution is -2.40. The summed E-state index contributed by atoms with van der Waals surface area (Å²) in [6, 6.07) is 6.01. The highest BCUT2D eigenvalue weighted by Gasteiger charge is 2.25. The summed E-state index contributed by atoms with van der Waals surface area (Å²) in [5, 5.41) is 12.5. The molecule has 4 heteroatoms. The lowest BCUT2D eigenvalue weighted by atomic mass is 9.87. The number of rotatable bonds is 4. The highest BCUT2D eigenvalue weighted by molar-refractivity contribution is 5.78. The number of fused-ring (bicyclic) bond motifs is 1. The quantitative estimate of drug-likeness (QED) is 0.886. The first-order valence-electron chi connectivity index (χ1n) is 7.28. The molecule has 1 aliphatic rings. The van der Waals surface area contributed by atoms with Crippen molar-refractivity contribution in [3.05, 3.63) is 29.3 Å². The number of hydrogen-bond acceptors (Lipinski definition) is 3. The topological polar surface area (TPSA) is 52.6 Å². The molecule has 0 bridgehead atoms. The molecule has 0 aliphatic heterocycles. The fourth-order valence-electron chi connectivity index (χ4n) is 2.94. The number of nitrogens with zero attached hydrogens (tertiary/aromatic N) is 1. The van der Waals surface area contributed by atoms with Crippen LogP contribution in [0.3, 0.4) is 0 Å². The van der Waals surface area contributed by atoms with Crippen LogP contribution in [-0.2, 0) is 11.2 Å². The van der Waals surface area contributed by atoms with Gasteiger partial charge in [0.1, 0.15) is 5.75 Å². The Balaban J connectivity index is 2.08. The number of hydrogen-bond donors (Lipinski definition) is 2. The molecule has 0 fully saturated rings. The van der Waals surface area contributed by atoms with Crippen LogP contribution in [0.4, 0.5) is 0 Å². The van der Waals surface area contributed by atoms with Gasteiger partial charge in [0.25, 0.3) is 0 Å². The molecule has 2 rings (SSSR count). The zero-order chi connectivity index (χ0) is 14.7. The van der Waals surface area contributed by atoms with Crippen LogP contribution in [0.25, 0.3) is 0 Å². The molecule has 1 amide bonds. The van der Waals surface area contributed by atoms with Gasteiger partial charge < -0.3 is 10.4 Å². The van der Waals surface area contributed by atoms with E-state index in [0.29, 0.717) is 12.3 Å². The summed E-state index contributed by atoms with van der Waals surface area (Å²) in [5.41, 5.74) is 2.45. The molecule has 20 heavy (non-hydrogen) atoms. The minimum absolute atomic E-state index is 0.0633. The lowest BCUT2D eigenvalue weighted by molar-refractivity contribution is -0.123. The Morgan fingerprint density at radius 3 is 2.95 bits per heavy atom. The lowest BCUT2D eigenvalue weighted by Gasteiger charge is -2.33. The minimum atomic E-state index is 0.0633. The van der Waals surface area contributed by atoms with Crippen molar-refractivity contribution in [1.82, 2.24) is 10.2 Å². The molecular weight excluding hydrogens is 252 g/mol. The van der Waals surface area contributed by atoms with Crippen molar-refractivity contribution in [3.8, 4) is 5.75 Å². The Labute approximate surface area is 120 Å². The van der Waals surface area contributed by atoms with Crippen molar-refractivity contribution in [2.24, 2.45) is 0 Å². The summed E-state index contributed by atoms with van der Waals surface area (Å²) in [7, 11) is 1.99. The molecule has 1 atom stereocenters. The SMILES string of the molecule is CC(C)NC(=O)CN(C)C1CCCc2cc(O)ccc21. The molecule has 0 aromatic heterocycles. The van der Waals surface area contributed by atoms with E-state index in [1.807, 2.05) is 33.0 Å². The van der Waals surface area contributed by atoms with Crippen LogP contribution in [0.5, 0.6) is 5.75 Å². The molecule has 110 valence electrons. The fraction of sp³-hybridized carbons (Fsp3) is 0.562. The number of carbonyl (C=O) groups excluding carboxylic acids is 1. The molecule has 1 unspecified atom stereocenters. The van der Waals surface area contributed by atoms with Crippen molar-refractivity contribution < 1.29 is 9.90 Å². The third-order valence-electron chi connectivity index (χ3n) is 3.78. The van der Waals surface area contributed by atoms with Crippen LogP contribution in [0, 0.1) is 0 Å². The van der Waals surface area contributed by atoms with E-state index in [-0.39, 0.29) is 18.0 Å². The molecule has 0 radical (unpaired) electrons. The molecule has 1 aromatic rings. The van der Waals surface area contributed by atoms with Gasteiger partial charge in [-0.05, 0) is 63.4 Å². The van der Waals surface area contributed by atoms with Gasteiger partial charge in [0.2, 0.25) is 5.91 Å². The third kappa shape index (κ3) is 3.51. The van der Waals surface area contributed by atoms with E-state index >= 15 is 0 Å². The predicted octanol–water partition coefficient (Wildman–Crippen LogP) is 2.23. The maximum Gasteiger partial charge on any atom is 0.234 e. The smallest absolute Gasteiger partial charge is 0.234 e. The van der Waals surface area contributed by atoms with E-state index in [1.165, 1.54) is 11.1 Å². The minimum Gasteiger partial charge on any atom is -0.508 e. The first-order valence-corrected chi connectivity index (χ1v) is 7.28. The van der Waals surface area contributed by atoms with E-state index in [0.717, 1.165) is 19.3 Å². The highest BCUT2D eigenvalue weighted by Crippen LogP contribution is 2.34. The largest absolute Gasteiger partial charge is 0.508 e. The van der Waals surface area contributed by atoms with E-state index in [4.69, 9.17) is 0 Å². The number of phenols is 1. The number of likely N-dealkylation sites (N-methyl/N-ethyl adjacent to an activating group) is 1. The summed E-state index contributed by atoms with van der Waals surface area (Å²) in [4.78, 5) is 14.0. The van der Waals surface area contributed by atoms with Crippen molar-refractivity contribution >= 4 is 5.91 Å². The number of phenolic OH excluding ortho intramolecular Hbond substituents is 1. The molecule has 0 saturated carbocycles. The summed E-state index contributed by atoms with van der Waals surface area (Å²) < 4.78 is 0. The summed E-state index contributed by atoms with van der Waals surface area (Å²) in [5.74, 6) is 0.387. The summed E-state index contributed by atoms with van der Waals surface area (Å²) in [6.07, 6.45) is 3.16. The average Bonchev–Trinajstić information content (AvgIpc) is 2.36. The van der Waals surface area contributed by atoms with E-state index in [9.17, 15) is 9.90 Å². The van der Waals surface area contributed by atoms with Gasteiger partial charge in [0.05, 0.1) is 6.54 Å². The zero-order valence-electron chi connectivity index (χ0n) is 12.5. The fourth-order valence-corrected chi connectivity index (χ4v) is 2.94. The van der Waals surface area contributed by atoms with Crippen molar-refractivity contribution in [2.45, 2.75) is 45.2 Å². The normalized spacial score (nSPS) is 18.1. The first-order chi connectivity index (χ1) is 9.47. The monoisotopic (exact) mass is 276 g/mol. The van der Waals surface area contributed by atoms with Crippen molar-refractivity contribution in [1.29, 1.82) is 0 Å². The Hall–Kier alpha value is -1.55. The molecule has 4 nitrogen and oxygen atoms in total. The molecule has 2 N–H and O–H groups in total. The molecule has 0 spiro atoms. The number of aromatic hydroxyl groups is 1. The van der Waals surface area contributed by atoms with Crippen LogP contribution in [-0.4, -0.2) is 35.5 Å². The summed E-state index contributed by atoms with van der Waals surface area (Å²) in [6.45, 7) is 4.34.